The van der Waals surface area contributed by atoms with Crippen molar-refractivity contribution >= 4 is 5.97 Å². The zero-order valence-corrected chi connectivity index (χ0v) is 17.6. The molecular weight excluding hydrogens is 316 g/mol. The van der Waals surface area contributed by atoms with Gasteiger partial charge < -0.3 is 14.2 Å². The highest BCUT2D eigenvalue weighted by molar-refractivity contribution is 5.75. The maximum absolute atomic E-state index is 11.9. The van der Waals surface area contributed by atoms with Gasteiger partial charge in [-0.3, -0.25) is 4.79 Å². The molecule has 4 nitrogen and oxygen atoms in total. The highest BCUT2D eigenvalue weighted by atomic mass is 16.6. The van der Waals surface area contributed by atoms with Gasteiger partial charge in [-0.1, -0.05) is 34.1 Å². The molecule has 1 unspecified atom stereocenters. The van der Waals surface area contributed by atoms with Crippen LogP contribution in [0.5, 0.6) is 0 Å². The zero-order chi connectivity index (χ0) is 19.2. The maximum atomic E-state index is 11.9. The number of carbonyl (C=O) groups is 1. The molecule has 25 heavy (non-hydrogen) atoms. The first-order chi connectivity index (χ1) is 11.6. The Bertz CT molecular complexity index is 401. The van der Waals surface area contributed by atoms with E-state index in [1.807, 2.05) is 20.8 Å². The summed E-state index contributed by atoms with van der Waals surface area (Å²) in [5, 5.41) is 0. The summed E-state index contributed by atoms with van der Waals surface area (Å²) < 4.78 is 17.5. The van der Waals surface area contributed by atoms with Gasteiger partial charge >= 0.3 is 5.97 Å². The van der Waals surface area contributed by atoms with Crippen molar-refractivity contribution in [3.05, 3.63) is 0 Å². The van der Waals surface area contributed by atoms with Crippen molar-refractivity contribution in [2.45, 2.75) is 92.5 Å². The molecule has 148 valence electrons. The van der Waals surface area contributed by atoms with Crippen molar-refractivity contribution in [1.82, 2.24) is 0 Å². The minimum atomic E-state index is -0.446. The largest absolute Gasteiger partial charge is 0.465 e. The lowest BCUT2D eigenvalue weighted by molar-refractivity contribution is -0.153. The van der Waals surface area contributed by atoms with Gasteiger partial charge in [0.05, 0.1) is 30.3 Å². The Kier molecular flexibility index (Phi) is 8.90. The average Bonchev–Trinajstić information content (AvgIpc) is 2.98. The summed E-state index contributed by atoms with van der Waals surface area (Å²) in [5.41, 5.74) is -0.446. The van der Waals surface area contributed by atoms with Gasteiger partial charge in [-0.15, -0.1) is 0 Å². The van der Waals surface area contributed by atoms with Crippen molar-refractivity contribution in [3.8, 4) is 0 Å². The molecule has 1 saturated heterocycles. The summed E-state index contributed by atoms with van der Waals surface area (Å²) in [5.74, 6) is 1.44. The van der Waals surface area contributed by atoms with Gasteiger partial charge in [0.2, 0.25) is 0 Å². The summed E-state index contributed by atoms with van der Waals surface area (Å²) in [6, 6.07) is 0. The number of hydrogen-bond donors (Lipinski definition) is 0. The third kappa shape index (κ3) is 6.90. The average molecular weight is 357 g/mol. The van der Waals surface area contributed by atoms with Gasteiger partial charge in [0.1, 0.15) is 0 Å². The van der Waals surface area contributed by atoms with Crippen LogP contribution < -0.4 is 0 Å². The third-order valence-electron chi connectivity index (χ3n) is 5.55. The fourth-order valence-corrected chi connectivity index (χ4v) is 3.48. The van der Waals surface area contributed by atoms with Gasteiger partial charge in [-0.05, 0) is 51.4 Å². The predicted molar refractivity (Wildman–Crippen MR) is 102 cm³/mol. The molecule has 0 bridgehead atoms. The molecule has 0 spiro atoms. The fourth-order valence-electron chi connectivity index (χ4n) is 3.48. The Labute approximate surface area is 155 Å². The highest BCUT2D eigenvalue weighted by Crippen LogP contribution is 2.35. The van der Waals surface area contributed by atoms with Crippen molar-refractivity contribution in [2.24, 2.45) is 23.2 Å². The Morgan fingerprint density at radius 3 is 2.36 bits per heavy atom. The van der Waals surface area contributed by atoms with Crippen molar-refractivity contribution in [3.63, 3.8) is 0 Å². The molecule has 0 saturated carbocycles. The molecule has 1 aliphatic rings. The predicted octanol–water partition coefficient (Wildman–Crippen LogP) is 4.85. The Morgan fingerprint density at radius 2 is 1.84 bits per heavy atom. The van der Waals surface area contributed by atoms with Crippen LogP contribution in [0.15, 0.2) is 0 Å². The summed E-state index contributed by atoms with van der Waals surface area (Å²) in [6.07, 6.45) is 4.67. The van der Waals surface area contributed by atoms with Gasteiger partial charge in [0.25, 0.3) is 0 Å². The van der Waals surface area contributed by atoms with Crippen molar-refractivity contribution in [1.29, 1.82) is 0 Å². The summed E-state index contributed by atoms with van der Waals surface area (Å²) in [4.78, 5) is 11.9. The first-order valence-electron chi connectivity index (χ1n) is 9.95. The van der Waals surface area contributed by atoms with E-state index in [9.17, 15) is 4.79 Å². The van der Waals surface area contributed by atoms with Crippen LogP contribution in [-0.2, 0) is 19.0 Å². The molecule has 0 N–H and O–H groups in total. The first kappa shape index (κ1) is 22.4. The van der Waals surface area contributed by atoms with Gasteiger partial charge in [-0.2, -0.15) is 0 Å². The van der Waals surface area contributed by atoms with E-state index in [1.165, 1.54) is 12.8 Å². The summed E-state index contributed by atoms with van der Waals surface area (Å²) in [7, 11) is 1.77. The summed E-state index contributed by atoms with van der Waals surface area (Å²) in [6.45, 7) is 15.1. The topological polar surface area (TPSA) is 44.8 Å². The quantitative estimate of drug-likeness (QED) is 0.554. The monoisotopic (exact) mass is 356 g/mol. The SMILES string of the molecule is CC[C@H](C)C[C@H](C)[C@@H]1C[C@H](OC)C([C@@H](C)CCOC(=O)C(C)(C)C)O1. The molecule has 0 aromatic heterocycles. The second-order valence-corrected chi connectivity index (χ2v) is 9.03. The lowest BCUT2D eigenvalue weighted by Crippen LogP contribution is -2.31. The Morgan fingerprint density at radius 1 is 1.20 bits per heavy atom. The Hall–Kier alpha value is -0.610. The van der Waals surface area contributed by atoms with Gasteiger partial charge in [-0.25, -0.2) is 0 Å². The lowest BCUT2D eigenvalue weighted by Gasteiger charge is -2.26. The second-order valence-electron chi connectivity index (χ2n) is 9.03. The van der Waals surface area contributed by atoms with E-state index in [2.05, 4.69) is 27.7 Å². The van der Waals surface area contributed by atoms with Crippen LogP contribution in [-0.4, -0.2) is 38.0 Å². The number of rotatable bonds is 9. The third-order valence-corrected chi connectivity index (χ3v) is 5.55. The maximum Gasteiger partial charge on any atom is 0.311 e. The van der Waals surface area contributed by atoms with E-state index < -0.39 is 5.41 Å². The standard InChI is InChI=1S/C21H40O4/c1-9-14(2)12-16(4)17-13-18(23-8)19(25-17)15(3)10-11-24-20(22)21(5,6)7/h14-19H,9-13H2,1-8H3/t14-,15-,16-,17-,18-,19?/m0/s1. The van der Waals surface area contributed by atoms with E-state index in [4.69, 9.17) is 14.2 Å². The number of methoxy groups -OCH3 is 1. The smallest absolute Gasteiger partial charge is 0.311 e. The van der Waals surface area contributed by atoms with Crippen LogP contribution >= 0.6 is 0 Å². The van der Waals surface area contributed by atoms with Crippen LogP contribution in [0.2, 0.25) is 0 Å². The molecule has 0 amide bonds. The fraction of sp³-hybridized carbons (Fsp3) is 0.952. The second kappa shape index (κ2) is 9.91. The van der Waals surface area contributed by atoms with Crippen molar-refractivity contribution in [2.75, 3.05) is 13.7 Å². The van der Waals surface area contributed by atoms with Crippen LogP contribution in [0.3, 0.4) is 0 Å². The first-order valence-corrected chi connectivity index (χ1v) is 9.95. The van der Waals surface area contributed by atoms with E-state index in [0.717, 1.165) is 18.8 Å². The normalized spacial score (nSPS) is 27.8. The van der Waals surface area contributed by atoms with Gasteiger partial charge in [0.15, 0.2) is 0 Å². The molecule has 1 rings (SSSR count). The summed E-state index contributed by atoms with van der Waals surface area (Å²) >= 11 is 0. The zero-order valence-electron chi connectivity index (χ0n) is 17.6. The van der Waals surface area contributed by atoms with Crippen LogP contribution in [0, 0.1) is 23.2 Å². The van der Waals surface area contributed by atoms with Crippen LogP contribution in [0.1, 0.15) is 74.1 Å². The highest BCUT2D eigenvalue weighted by Gasteiger charge is 2.40. The number of esters is 1. The van der Waals surface area contributed by atoms with Crippen LogP contribution in [0.25, 0.3) is 0 Å². The minimum Gasteiger partial charge on any atom is -0.465 e. The van der Waals surface area contributed by atoms with E-state index >= 15 is 0 Å². The molecule has 0 radical (unpaired) electrons. The molecule has 4 heteroatoms. The molecule has 1 heterocycles. The minimum absolute atomic E-state index is 0.0859. The van der Waals surface area contributed by atoms with E-state index in [0.29, 0.717) is 18.4 Å². The number of carbonyl (C=O) groups excluding carboxylic acids is 1. The lowest BCUT2D eigenvalue weighted by atomic mass is 9.89. The molecule has 6 atom stereocenters. The molecular formula is C21H40O4. The molecule has 1 aliphatic heterocycles. The number of hydrogen-bond acceptors (Lipinski definition) is 4. The molecule has 1 fully saturated rings. The van der Waals surface area contributed by atoms with Gasteiger partial charge in [0, 0.05) is 13.5 Å². The molecule has 0 aromatic carbocycles. The number of ether oxygens (including phenoxy) is 3. The van der Waals surface area contributed by atoms with Crippen molar-refractivity contribution < 1.29 is 19.0 Å². The van der Waals surface area contributed by atoms with E-state index in [-0.39, 0.29) is 24.3 Å². The molecule has 0 aliphatic carbocycles. The van der Waals surface area contributed by atoms with E-state index in [1.54, 1.807) is 7.11 Å². The Balaban J connectivity index is 2.51. The van der Waals surface area contributed by atoms with Crippen LogP contribution in [0.4, 0.5) is 0 Å². The molecule has 0 aromatic rings.